The van der Waals surface area contributed by atoms with Crippen molar-refractivity contribution < 1.29 is 38.1 Å². The molecule has 24 heavy (non-hydrogen) atoms. The minimum Gasteiger partial charge on any atom is -0.461 e. The lowest BCUT2D eigenvalue weighted by molar-refractivity contribution is -0.178. The molecule has 138 valence electrons. The van der Waals surface area contributed by atoms with Crippen molar-refractivity contribution in [1.82, 2.24) is 0 Å². The summed E-state index contributed by atoms with van der Waals surface area (Å²) in [7, 11) is 0. The second kappa shape index (κ2) is 14.0. The van der Waals surface area contributed by atoms with Crippen molar-refractivity contribution in [1.29, 1.82) is 0 Å². The maximum Gasteiger partial charge on any atom is 0.317 e. The maximum atomic E-state index is 11.5. The predicted molar refractivity (Wildman–Crippen MR) is 96.9 cm³/mol. The highest BCUT2D eigenvalue weighted by Crippen LogP contribution is 2.10. The van der Waals surface area contributed by atoms with Crippen LogP contribution in [0.15, 0.2) is 0 Å². The van der Waals surface area contributed by atoms with Gasteiger partial charge >= 0.3 is 23.9 Å². The van der Waals surface area contributed by atoms with E-state index in [1.54, 1.807) is 0 Å². The molecule has 12 heteroatoms. The van der Waals surface area contributed by atoms with Gasteiger partial charge in [-0.15, -0.1) is 0 Å². The number of ether oxygens (including phenoxy) is 4. The average Bonchev–Trinajstić information content (AvgIpc) is 2.60. The molecule has 0 aliphatic rings. The zero-order chi connectivity index (χ0) is 18.5. The normalized spacial score (nSPS) is 12.7. The third-order valence-corrected chi connectivity index (χ3v) is 4.07. The molecule has 0 aromatic rings. The van der Waals surface area contributed by atoms with E-state index < -0.39 is 36.1 Å². The predicted octanol–water partition coefficient (Wildman–Crippen LogP) is 1.48. The van der Waals surface area contributed by atoms with E-state index in [1.165, 1.54) is 0 Å². The Bertz CT molecular complexity index is 405. The Morgan fingerprint density at radius 3 is 1.12 bits per heavy atom. The van der Waals surface area contributed by atoms with E-state index >= 15 is 0 Å². The Kier molecular flexibility index (Phi) is 13.9. The fourth-order valence-electron chi connectivity index (χ4n) is 1.26. The van der Waals surface area contributed by atoms with Crippen LogP contribution in [0.25, 0.3) is 0 Å². The molecule has 0 aliphatic carbocycles. The van der Waals surface area contributed by atoms with Crippen LogP contribution in [0, 0.1) is 0 Å². The van der Waals surface area contributed by atoms with Gasteiger partial charge in [-0.3, -0.25) is 19.2 Å². The van der Waals surface area contributed by atoms with Crippen LogP contribution in [0.5, 0.6) is 0 Å². The summed E-state index contributed by atoms with van der Waals surface area (Å²) in [5, 5.41) is -0.348. The lowest BCUT2D eigenvalue weighted by Crippen LogP contribution is -2.43. The third kappa shape index (κ3) is 10.6. The van der Waals surface area contributed by atoms with E-state index in [1.807, 2.05) is 0 Å². The van der Waals surface area contributed by atoms with Gasteiger partial charge in [0.05, 0.1) is 0 Å². The summed E-state index contributed by atoms with van der Waals surface area (Å²) in [6.07, 6.45) is -2.27. The Balaban J connectivity index is 5.09. The molecule has 0 saturated carbocycles. The number of hydrogen-bond acceptors (Lipinski definition) is 8. The molecular weight excluding hydrogens is 592 g/mol. The van der Waals surface area contributed by atoms with Crippen molar-refractivity contribution in [2.75, 3.05) is 34.5 Å². The molecule has 0 saturated heterocycles. The smallest absolute Gasteiger partial charge is 0.317 e. The number of esters is 4. The fourth-order valence-corrected chi connectivity index (χ4v) is 1.85. The largest absolute Gasteiger partial charge is 0.461 e. The molecule has 0 bridgehead atoms. The molecule has 2 atom stereocenters. The summed E-state index contributed by atoms with van der Waals surface area (Å²) in [6.45, 7) is -0.732. The number of carbonyl (C=O) groups excluding carboxylic acids is 4. The van der Waals surface area contributed by atoms with Crippen LogP contribution in [0.2, 0.25) is 0 Å². The molecule has 0 aromatic heterocycles. The van der Waals surface area contributed by atoms with Gasteiger partial charge in [0.25, 0.3) is 0 Å². The second-order valence-electron chi connectivity index (χ2n) is 3.96. The first-order valence-corrected chi connectivity index (χ1v) is 10.8. The van der Waals surface area contributed by atoms with Crippen LogP contribution in [0.4, 0.5) is 0 Å². The molecule has 0 spiro atoms. The number of carbonyl (C=O) groups is 4. The van der Waals surface area contributed by atoms with Crippen LogP contribution < -0.4 is 0 Å². The molecule has 0 rings (SSSR count). The number of alkyl halides is 4. The van der Waals surface area contributed by atoms with Gasteiger partial charge in [0.2, 0.25) is 0 Å². The SMILES string of the molecule is O=C(CBr)OCC(OC(=O)CBr)C(COC(=O)CBr)OC(=O)CBr. The zero-order valence-electron chi connectivity index (χ0n) is 12.2. The summed E-state index contributed by atoms with van der Waals surface area (Å²) in [4.78, 5) is 45.5. The van der Waals surface area contributed by atoms with Crippen molar-refractivity contribution >= 4 is 87.6 Å². The molecular formula is C12H14Br4O8. The van der Waals surface area contributed by atoms with Crippen LogP contribution >= 0.6 is 63.7 Å². The van der Waals surface area contributed by atoms with Crippen LogP contribution in [0.1, 0.15) is 0 Å². The molecule has 0 N–H and O–H groups in total. The van der Waals surface area contributed by atoms with Crippen molar-refractivity contribution in [2.24, 2.45) is 0 Å². The van der Waals surface area contributed by atoms with E-state index in [0.29, 0.717) is 0 Å². The van der Waals surface area contributed by atoms with E-state index in [0.717, 1.165) is 0 Å². The molecule has 0 fully saturated rings. The van der Waals surface area contributed by atoms with Gasteiger partial charge in [-0.25, -0.2) is 0 Å². The van der Waals surface area contributed by atoms with E-state index in [2.05, 4.69) is 63.7 Å². The summed E-state index contributed by atoms with van der Waals surface area (Å²) in [6, 6.07) is 0. The first-order chi connectivity index (χ1) is 11.4. The Morgan fingerprint density at radius 2 is 0.875 bits per heavy atom. The van der Waals surface area contributed by atoms with Gasteiger partial charge in [-0.05, 0) is 0 Å². The number of halogens is 4. The average molecular weight is 606 g/mol. The van der Waals surface area contributed by atoms with Crippen molar-refractivity contribution in [3.8, 4) is 0 Å². The number of hydrogen-bond donors (Lipinski definition) is 0. The molecule has 8 nitrogen and oxygen atoms in total. The summed E-state index contributed by atoms with van der Waals surface area (Å²) < 4.78 is 20.0. The van der Waals surface area contributed by atoms with Gasteiger partial charge in [-0.2, -0.15) is 0 Å². The summed E-state index contributed by atoms with van der Waals surface area (Å²) in [5.74, 6) is -2.53. The molecule has 2 unspecified atom stereocenters. The van der Waals surface area contributed by atoms with Crippen LogP contribution in [-0.2, 0) is 38.1 Å². The van der Waals surface area contributed by atoms with Gasteiger partial charge in [0, 0.05) is 0 Å². The molecule has 0 aromatic carbocycles. The molecule has 0 aliphatic heterocycles. The first kappa shape index (κ1) is 23.8. The maximum absolute atomic E-state index is 11.5. The highest BCUT2D eigenvalue weighted by molar-refractivity contribution is 9.10. The third-order valence-electron chi connectivity index (χ3n) is 2.23. The van der Waals surface area contributed by atoms with E-state index in [4.69, 9.17) is 18.9 Å². The van der Waals surface area contributed by atoms with Crippen molar-refractivity contribution in [2.45, 2.75) is 12.2 Å². The lowest BCUT2D eigenvalue weighted by atomic mass is 10.2. The molecule has 0 heterocycles. The Hall–Kier alpha value is -0.200. The zero-order valence-corrected chi connectivity index (χ0v) is 18.5. The quantitative estimate of drug-likeness (QED) is 0.198. The van der Waals surface area contributed by atoms with Crippen LogP contribution in [0.3, 0.4) is 0 Å². The summed E-state index contributed by atoms with van der Waals surface area (Å²) in [5.41, 5.74) is 0. The standard InChI is InChI=1S/C12H14Br4O8/c13-1-9(17)21-5-7(23-11(19)3-15)8(24-12(20)4-16)6-22-10(18)2-14/h7-8H,1-6H2. The highest BCUT2D eigenvalue weighted by Gasteiger charge is 2.31. The minimum atomic E-state index is -1.14. The number of rotatable bonds is 11. The monoisotopic (exact) mass is 602 g/mol. The van der Waals surface area contributed by atoms with Gasteiger partial charge in [0.15, 0.2) is 12.2 Å². The first-order valence-electron chi connectivity index (χ1n) is 6.31. The molecule has 0 amide bonds. The Morgan fingerprint density at radius 1 is 0.583 bits per heavy atom. The van der Waals surface area contributed by atoms with Crippen molar-refractivity contribution in [3.05, 3.63) is 0 Å². The van der Waals surface area contributed by atoms with Crippen LogP contribution in [-0.4, -0.2) is 70.6 Å². The fraction of sp³-hybridized carbons (Fsp3) is 0.667. The second-order valence-corrected chi connectivity index (χ2v) is 6.20. The topological polar surface area (TPSA) is 105 Å². The highest BCUT2D eigenvalue weighted by atomic mass is 79.9. The lowest BCUT2D eigenvalue weighted by Gasteiger charge is -2.26. The van der Waals surface area contributed by atoms with E-state index in [9.17, 15) is 19.2 Å². The minimum absolute atomic E-state index is 0.0590. The van der Waals surface area contributed by atoms with E-state index in [-0.39, 0.29) is 34.5 Å². The van der Waals surface area contributed by atoms with Gasteiger partial charge < -0.3 is 18.9 Å². The van der Waals surface area contributed by atoms with Gasteiger partial charge in [0.1, 0.15) is 34.5 Å². The summed E-state index contributed by atoms with van der Waals surface area (Å²) >= 11 is 11.7. The van der Waals surface area contributed by atoms with Crippen molar-refractivity contribution in [3.63, 3.8) is 0 Å². The van der Waals surface area contributed by atoms with Gasteiger partial charge in [-0.1, -0.05) is 63.7 Å². The molecule has 0 radical (unpaired) electrons. The Labute approximate surface area is 171 Å².